The first kappa shape index (κ1) is 17.1. The number of nitrogens with two attached hydrogens (primary N) is 1. The van der Waals surface area contributed by atoms with Crippen LogP contribution in [0, 0.1) is 0 Å². The van der Waals surface area contributed by atoms with E-state index in [9.17, 15) is 9.59 Å². The largest absolute Gasteiger partial charge is 0.452 e. The number of rotatable bonds is 5. The number of benzene rings is 2. The van der Waals surface area contributed by atoms with E-state index in [0.717, 1.165) is 5.56 Å². The van der Waals surface area contributed by atoms with Gasteiger partial charge in [0.05, 0.1) is 5.56 Å². The minimum absolute atomic E-state index is 0.167. The van der Waals surface area contributed by atoms with Gasteiger partial charge in [-0.1, -0.05) is 35.3 Å². The maximum Gasteiger partial charge on any atom is 0.340 e. The summed E-state index contributed by atoms with van der Waals surface area (Å²) in [6.45, 7) is -0.0782. The minimum Gasteiger partial charge on any atom is -0.452 e. The van der Waals surface area contributed by atoms with E-state index >= 15 is 0 Å². The molecule has 0 radical (unpaired) electrons. The van der Waals surface area contributed by atoms with Crippen LogP contribution in [0.5, 0.6) is 0 Å². The van der Waals surface area contributed by atoms with Crippen LogP contribution >= 0.6 is 23.2 Å². The molecule has 2 aromatic carbocycles. The average Bonchev–Trinajstić information content (AvgIpc) is 2.52. The fourth-order valence-electron chi connectivity index (χ4n) is 1.78. The predicted molar refractivity (Wildman–Crippen MR) is 89.4 cm³/mol. The van der Waals surface area contributed by atoms with Crippen molar-refractivity contribution in [3.05, 3.63) is 63.6 Å². The molecule has 0 aliphatic carbocycles. The zero-order valence-corrected chi connectivity index (χ0v) is 13.5. The Balaban J connectivity index is 1.81. The Kier molecular flexibility index (Phi) is 5.84. The van der Waals surface area contributed by atoms with E-state index in [2.05, 4.69) is 5.32 Å². The molecule has 2 rings (SSSR count). The molecule has 0 aromatic heterocycles. The number of anilines is 1. The zero-order valence-electron chi connectivity index (χ0n) is 12.0. The van der Waals surface area contributed by atoms with E-state index in [1.807, 2.05) is 0 Å². The summed E-state index contributed by atoms with van der Waals surface area (Å²) in [6.07, 6.45) is 0. The number of carbonyl (C=O) groups excluding carboxylic acids is 2. The number of halogens is 2. The molecule has 0 saturated heterocycles. The Morgan fingerprint density at radius 2 is 1.70 bits per heavy atom. The molecule has 0 aliphatic heterocycles. The number of amides is 1. The summed E-state index contributed by atoms with van der Waals surface area (Å²) in [6, 6.07) is 11.5. The van der Waals surface area contributed by atoms with Crippen LogP contribution in [0.4, 0.5) is 5.69 Å². The highest BCUT2D eigenvalue weighted by Gasteiger charge is 2.13. The first-order valence-corrected chi connectivity index (χ1v) is 7.44. The molecular weight excluding hydrogens is 339 g/mol. The van der Waals surface area contributed by atoms with Gasteiger partial charge in [-0.2, -0.15) is 0 Å². The van der Waals surface area contributed by atoms with Gasteiger partial charge < -0.3 is 15.8 Å². The van der Waals surface area contributed by atoms with Gasteiger partial charge in [-0.05, 0) is 35.9 Å². The third-order valence-corrected chi connectivity index (χ3v) is 3.46. The Morgan fingerprint density at radius 1 is 1.04 bits per heavy atom. The highest BCUT2D eigenvalue weighted by molar-refractivity contribution is 6.31. The van der Waals surface area contributed by atoms with Gasteiger partial charge in [0.15, 0.2) is 6.61 Å². The van der Waals surface area contributed by atoms with Crippen LogP contribution in [0.15, 0.2) is 42.5 Å². The number of esters is 1. The second-order valence-corrected chi connectivity index (χ2v) is 5.58. The second kappa shape index (κ2) is 7.85. The first-order valence-electron chi connectivity index (χ1n) is 6.69. The maximum absolute atomic E-state index is 11.9. The summed E-state index contributed by atoms with van der Waals surface area (Å²) in [5, 5.41) is 3.67. The molecule has 0 aliphatic rings. The summed E-state index contributed by atoms with van der Waals surface area (Å²) in [4.78, 5) is 23.5. The Bertz CT molecular complexity index is 718. The van der Waals surface area contributed by atoms with Crippen LogP contribution in [-0.4, -0.2) is 18.5 Å². The molecule has 7 heteroatoms. The Labute approximate surface area is 143 Å². The average molecular weight is 353 g/mol. The molecule has 23 heavy (non-hydrogen) atoms. The Morgan fingerprint density at radius 3 is 2.35 bits per heavy atom. The van der Waals surface area contributed by atoms with Crippen molar-refractivity contribution in [1.82, 2.24) is 5.32 Å². The number of hydrogen-bond donors (Lipinski definition) is 2. The van der Waals surface area contributed by atoms with Crippen molar-refractivity contribution >= 4 is 40.8 Å². The molecule has 0 unspecified atom stereocenters. The van der Waals surface area contributed by atoms with Gasteiger partial charge in [-0.15, -0.1) is 0 Å². The molecule has 1 amide bonds. The maximum atomic E-state index is 11.9. The van der Waals surface area contributed by atoms with Crippen LogP contribution in [-0.2, 0) is 16.1 Å². The summed E-state index contributed by atoms with van der Waals surface area (Å²) >= 11 is 11.5. The molecule has 120 valence electrons. The minimum atomic E-state index is -0.680. The van der Waals surface area contributed by atoms with Gasteiger partial charge >= 0.3 is 5.97 Å². The van der Waals surface area contributed by atoms with Crippen LogP contribution in [0.25, 0.3) is 0 Å². The summed E-state index contributed by atoms with van der Waals surface area (Å²) in [5.74, 6) is -1.10. The predicted octanol–water partition coefficient (Wildman–Crippen LogP) is 3.05. The van der Waals surface area contributed by atoms with Gasteiger partial charge in [-0.3, -0.25) is 4.79 Å². The van der Waals surface area contributed by atoms with Crippen LogP contribution in [0.1, 0.15) is 15.9 Å². The molecule has 0 heterocycles. The lowest BCUT2D eigenvalue weighted by molar-refractivity contribution is -0.124. The third kappa shape index (κ3) is 5.16. The summed E-state index contributed by atoms with van der Waals surface area (Å²) in [7, 11) is 0. The van der Waals surface area contributed by atoms with E-state index in [4.69, 9.17) is 33.7 Å². The molecular formula is C16H14Cl2N2O3. The topological polar surface area (TPSA) is 81.4 Å². The molecule has 2 aromatic rings. The number of nitrogens with one attached hydrogen (secondary N) is 1. The SMILES string of the molecule is Nc1cc(Cl)ccc1C(=O)OCC(=O)NCc1ccc(Cl)cc1. The molecule has 0 atom stereocenters. The summed E-state index contributed by atoms with van der Waals surface area (Å²) < 4.78 is 4.92. The Hall–Kier alpha value is -2.24. The van der Waals surface area contributed by atoms with Crippen LogP contribution < -0.4 is 11.1 Å². The quantitative estimate of drug-likeness (QED) is 0.640. The van der Waals surface area contributed by atoms with E-state index in [0.29, 0.717) is 16.6 Å². The normalized spacial score (nSPS) is 10.2. The second-order valence-electron chi connectivity index (χ2n) is 4.71. The van der Waals surface area contributed by atoms with Crippen molar-refractivity contribution in [1.29, 1.82) is 0 Å². The monoisotopic (exact) mass is 352 g/mol. The highest BCUT2D eigenvalue weighted by Crippen LogP contribution is 2.18. The van der Waals surface area contributed by atoms with Gasteiger partial charge in [0, 0.05) is 22.3 Å². The first-order chi connectivity index (χ1) is 11.0. The van der Waals surface area contributed by atoms with Crippen molar-refractivity contribution in [3.8, 4) is 0 Å². The van der Waals surface area contributed by atoms with E-state index in [1.165, 1.54) is 18.2 Å². The zero-order chi connectivity index (χ0) is 16.8. The smallest absolute Gasteiger partial charge is 0.340 e. The number of hydrogen-bond acceptors (Lipinski definition) is 4. The van der Waals surface area contributed by atoms with Gasteiger partial charge in [0.25, 0.3) is 5.91 Å². The third-order valence-electron chi connectivity index (χ3n) is 2.97. The molecule has 0 bridgehead atoms. The van der Waals surface area contributed by atoms with Crippen molar-refractivity contribution < 1.29 is 14.3 Å². The standard InChI is InChI=1S/C16H14Cl2N2O3/c17-11-3-1-10(2-4-11)8-20-15(21)9-23-16(22)13-6-5-12(18)7-14(13)19/h1-7H,8-9,19H2,(H,20,21). The molecule has 0 saturated carbocycles. The van der Waals surface area contributed by atoms with E-state index in [-0.39, 0.29) is 11.3 Å². The van der Waals surface area contributed by atoms with Crippen molar-refractivity contribution in [2.45, 2.75) is 6.54 Å². The van der Waals surface area contributed by atoms with Gasteiger partial charge in [0.2, 0.25) is 0 Å². The van der Waals surface area contributed by atoms with Crippen LogP contribution in [0.2, 0.25) is 10.0 Å². The highest BCUT2D eigenvalue weighted by atomic mass is 35.5. The molecule has 5 nitrogen and oxygen atoms in total. The van der Waals surface area contributed by atoms with Crippen molar-refractivity contribution in [2.75, 3.05) is 12.3 Å². The lowest BCUT2D eigenvalue weighted by Crippen LogP contribution is -2.28. The van der Waals surface area contributed by atoms with Crippen molar-refractivity contribution in [2.24, 2.45) is 0 Å². The molecule has 0 fully saturated rings. The lowest BCUT2D eigenvalue weighted by Gasteiger charge is -2.08. The number of ether oxygens (including phenoxy) is 1. The fourth-order valence-corrected chi connectivity index (χ4v) is 2.09. The number of nitrogen functional groups attached to an aromatic ring is 1. The molecule has 3 N–H and O–H groups in total. The fraction of sp³-hybridized carbons (Fsp3) is 0.125. The van der Waals surface area contributed by atoms with Crippen molar-refractivity contribution in [3.63, 3.8) is 0 Å². The van der Waals surface area contributed by atoms with E-state index < -0.39 is 18.5 Å². The summed E-state index contributed by atoms with van der Waals surface area (Å²) in [5.41, 5.74) is 6.93. The lowest BCUT2D eigenvalue weighted by atomic mass is 10.2. The number of carbonyl (C=O) groups is 2. The van der Waals surface area contributed by atoms with E-state index in [1.54, 1.807) is 24.3 Å². The van der Waals surface area contributed by atoms with Crippen LogP contribution in [0.3, 0.4) is 0 Å². The van der Waals surface area contributed by atoms with Gasteiger partial charge in [0.1, 0.15) is 0 Å². The van der Waals surface area contributed by atoms with Gasteiger partial charge in [-0.25, -0.2) is 4.79 Å². The molecule has 0 spiro atoms.